The molecule has 20 heavy (non-hydrogen) atoms. The van der Waals surface area contributed by atoms with Crippen molar-refractivity contribution >= 4 is 16.2 Å². The summed E-state index contributed by atoms with van der Waals surface area (Å²) in [6, 6.07) is 0. The average Bonchev–Trinajstić information content (AvgIpc) is 2.87. The molecule has 0 aromatic rings. The molecule has 2 aliphatic heterocycles. The van der Waals surface area contributed by atoms with Gasteiger partial charge in [-0.3, -0.25) is 4.79 Å². The van der Waals surface area contributed by atoms with E-state index in [0.29, 0.717) is 26.1 Å². The highest BCUT2D eigenvalue weighted by atomic mass is 32.2. The number of carboxylic acid groups (broad SMARTS) is 1. The van der Waals surface area contributed by atoms with Crippen molar-refractivity contribution in [3.05, 3.63) is 0 Å². The molecule has 0 aliphatic carbocycles. The van der Waals surface area contributed by atoms with Gasteiger partial charge in [0.1, 0.15) is 0 Å². The average molecular weight is 304 g/mol. The van der Waals surface area contributed by atoms with E-state index in [1.165, 1.54) is 8.61 Å². The molecule has 0 bridgehead atoms. The first kappa shape index (κ1) is 15.7. The lowest BCUT2D eigenvalue weighted by molar-refractivity contribution is -0.150. The summed E-state index contributed by atoms with van der Waals surface area (Å²) in [5.41, 5.74) is -0.942. The molecular formula is C13H24N2O4S. The van der Waals surface area contributed by atoms with Crippen LogP contribution in [0.5, 0.6) is 0 Å². The van der Waals surface area contributed by atoms with Crippen LogP contribution in [0.2, 0.25) is 0 Å². The van der Waals surface area contributed by atoms with Crippen LogP contribution in [0.15, 0.2) is 0 Å². The molecule has 0 amide bonds. The predicted molar refractivity (Wildman–Crippen MR) is 75.4 cm³/mol. The Morgan fingerprint density at radius 3 is 2.15 bits per heavy atom. The second kappa shape index (κ2) is 5.61. The van der Waals surface area contributed by atoms with Crippen LogP contribution < -0.4 is 0 Å². The summed E-state index contributed by atoms with van der Waals surface area (Å²) in [5.74, 6) is -0.967. The van der Waals surface area contributed by atoms with Crippen molar-refractivity contribution in [2.75, 3.05) is 26.2 Å². The minimum atomic E-state index is -3.50. The Labute approximate surface area is 120 Å². The number of carbonyl (C=O) groups is 1. The van der Waals surface area contributed by atoms with Gasteiger partial charge in [0.25, 0.3) is 10.2 Å². The molecule has 0 aromatic heterocycles. The molecule has 7 heteroatoms. The summed E-state index contributed by atoms with van der Waals surface area (Å²) in [6.07, 6.45) is 3.24. The van der Waals surface area contributed by atoms with Gasteiger partial charge in [0.05, 0.1) is 5.41 Å². The van der Waals surface area contributed by atoms with E-state index >= 15 is 0 Å². The van der Waals surface area contributed by atoms with Crippen molar-refractivity contribution in [3.63, 3.8) is 0 Å². The standard InChI is InChI=1S/C13H24N2O4S/c1-11(2)13(12(16)17)6-9-15(10-13)20(18,19)14-7-4-3-5-8-14/h11H,3-10H2,1-2H3,(H,16,17). The maximum Gasteiger partial charge on any atom is 0.311 e. The van der Waals surface area contributed by atoms with E-state index in [9.17, 15) is 18.3 Å². The van der Waals surface area contributed by atoms with Crippen molar-refractivity contribution in [2.45, 2.75) is 39.5 Å². The Morgan fingerprint density at radius 2 is 1.70 bits per heavy atom. The van der Waals surface area contributed by atoms with Crippen LogP contribution in [0, 0.1) is 11.3 Å². The Balaban J connectivity index is 2.17. The van der Waals surface area contributed by atoms with Gasteiger partial charge in [-0.15, -0.1) is 0 Å². The zero-order chi connectivity index (χ0) is 15.0. The van der Waals surface area contributed by atoms with Gasteiger partial charge in [-0.25, -0.2) is 0 Å². The Bertz CT molecular complexity index is 471. The predicted octanol–water partition coefficient (Wildman–Crippen LogP) is 1.15. The van der Waals surface area contributed by atoms with Gasteiger partial charge in [-0.05, 0) is 25.2 Å². The minimum Gasteiger partial charge on any atom is -0.481 e. The lowest BCUT2D eigenvalue weighted by Crippen LogP contribution is -2.47. The van der Waals surface area contributed by atoms with Crippen molar-refractivity contribution < 1.29 is 18.3 Å². The van der Waals surface area contributed by atoms with Gasteiger partial charge in [-0.1, -0.05) is 20.3 Å². The van der Waals surface area contributed by atoms with E-state index in [2.05, 4.69) is 0 Å². The summed E-state index contributed by atoms with van der Waals surface area (Å²) in [6.45, 7) is 5.22. The summed E-state index contributed by atoms with van der Waals surface area (Å²) < 4.78 is 28.0. The maximum atomic E-state index is 12.6. The number of carboxylic acids is 1. The van der Waals surface area contributed by atoms with Crippen LogP contribution in [0.4, 0.5) is 0 Å². The number of hydrogen-bond acceptors (Lipinski definition) is 3. The van der Waals surface area contributed by atoms with E-state index in [1.807, 2.05) is 13.8 Å². The fourth-order valence-corrected chi connectivity index (χ4v) is 4.91. The van der Waals surface area contributed by atoms with E-state index in [4.69, 9.17) is 0 Å². The number of nitrogens with zero attached hydrogens (tertiary/aromatic N) is 2. The summed E-state index contributed by atoms with van der Waals surface area (Å²) >= 11 is 0. The van der Waals surface area contributed by atoms with Crippen LogP contribution in [-0.2, 0) is 15.0 Å². The van der Waals surface area contributed by atoms with Crippen molar-refractivity contribution in [2.24, 2.45) is 11.3 Å². The summed E-state index contributed by atoms with van der Waals surface area (Å²) in [4.78, 5) is 11.6. The molecule has 2 aliphatic rings. The molecule has 1 unspecified atom stereocenters. The van der Waals surface area contributed by atoms with Gasteiger partial charge in [0.2, 0.25) is 0 Å². The number of rotatable bonds is 4. The van der Waals surface area contributed by atoms with E-state index < -0.39 is 21.6 Å². The third kappa shape index (κ3) is 2.58. The first-order valence-corrected chi connectivity index (χ1v) is 8.69. The smallest absolute Gasteiger partial charge is 0.311 e. The monoisotopic (exact) mass is 304 g/mol. The molecule has 2 rings (SSSR count). The highest BCUT2D eigenvalue weighted by molar-refractivity contribution is 7.86. The van der Waals surface area contributed by atoms with E-state index in [0.717, 1.165) is 19.3 Å². The third-order valence-electron chi connectivity index (χ3n) is 4.76. The highest BCUT2D eigenvalue weighted by Crippen LogP contribution is 2.39. The quantitative estimate of drug-likeness (QED) is 0.845. The second-order valence-electron chi connectivity index (χ2n) is 6.17. The van der Waals surface area contributed by atoms with Gasteiger partial charge >= 0.3 is 5.97 Å². The minimum absolute atomic E-state index is 0.0819. The van der Waals surface area contributed by atoms with Crippen LogP contribution >= 0.6 is 0 Å². The van der Waals surface area contributed by atoms with Gasteiger partial charge < -0.3 is 5.11 Å². The van der Waals surface area contributed by atoms with Crippen LogP contribution in [0.3, 0.4) is 0 Å². The molecule has 0 radical (unpaired) electrons. The Morgan fingerprint density at radius 1 is 1.10 bits per heavy atom. The number of aliphatic carboxylic acids is 1. The normalized spacial score (nSPS) is 29.9. The van der Waals surface area contributed by atoms with Gasteiger partial charge in [0, 0.05) is 26.2 Å². The van der Waals surface area contributed by atoms with Crippen molar-refractivity contribution in [3.8, 4) is 0 Å². The molecule has 1 atom stereocenters. The zero-order valence-electron chi connectivity index (χ0n) is 12.2. The first-order chi connectivity index (χ1) is 9.30. The third-order valence-corrected chi connectivity index (χ3v) is 6.75. The fraction of sp³-hybridized carbons (Fsp3) is 0.923. The fourth-order valence-electron chi connectivity index (χ4n) is 3.15. The highest BCUT2D eigenvalue weighted by Gasteiger charge is 2.51. The molecule has 116 valence electrons. The zero-order valence-corrected chi connectivity index (χ0v) is 13.0. The Hall–Kier alpha value is -0.660. The second-order valence-corrected chi connectivity index (χ2v) is 8.10. The molecule has 2 saturated heterocycles. The van der Waals surface area contributed by atoms with E-state index in [1.54, 1.807) is 0 Å². The molecule has 0 spiro atoms. The molecule has 0 saturated carbocycles. The molecular weight excluding hydrogens is 280 g/mol. The largest absolute Gasteiger partial charge is 0.481 e. The van der Waals surface area contributed by atoms with Crippen LogP contribution in [0.1, 0.15) is 39.5 Å². The first-order valence-electron chi connectivity index (χ1n) is 7.29. The van der Waals surface area contributed by atoms with Gasteiger partial charge in [0.15, 0.2) is 0 Å². The van der Waals surface area contributed by atoms with Crippen LogP contribution in [0.25, 0.3) is 0 Å². The topological polar surface area (TPSA) is 77.9 Å². The summed E-state index contributed by atoms with van der Waals surface area (Å²) in [5, 5.41) is 9.49. The molecule has 1 N–H and O–H groups in total. The van der Waals surface area contributed by atoms with Crippen molar-refractivity contribution in [1.29, 1.82) is 0 Å². The SMILES string of the molecule is CC(C)C1(C(=O)O)CCN(S(=O)(=O)N2CCCCC2)C1. The maximum absolute atomic E-state index is 12.6. The van der Waals surface area contributed by atoms with Gasteiger partial charge in [-0.2, -0.15) is 17.0 Å². The number of piperidine rings is 1. The van der Waals surface area contributed by atoms with E-state index in [-0.39, 0.29) is 12.5 Å². The van der Waals surface area contributed by atoms with Crippen molar-refractivity contribution in [1.82, 2.24) is 8.61 Å². The summed E-state index contributed by atoms with van der Waals surface area (Å²) in [7, 11) is -3.50. The Kier molecular flexibility index (Phi) is 4.41. The molecule has 2 fully saturated rings. The molecule has 2 heterocycles. The number of hydrogen-bond donors (Lipinski definition) is 1. The molecule has 6 nitrogen and oxygen atoms in total. The lowest BCUT2D eigenvalue weighted by Gasteiger charge is -2.32. The lowest BCUT2D eigenvalue weighted by atomic mass is 9.77. The molecule has 0 aromatic carbocycles. The van der Waals surface area contributed by atoms with Crippen LogP contribution in [-0.4, -0.2) is 54.3 Å².